The Bertz CT molecular complexity index is 281. The van der Waals surface area contributed by atoms with E-state index in [9.17, 15) is 4.79 Å². The number of pyridine rings is 1. The summed E-state index contributed by atoms with van der Waals surface area (Å²) in [6.45, 7) is 0.326. The summed E-state index contributed by atoms with van der Waals surface area (Å²) in [5.41, 5.74) is 5.75. The molecule has 0 atom stereocenters. The third-order valence-electron chi connectivity index (χ3n) is 1.14. The molecule has 1 rings (SSSR count). The Labute approximate surface area is 62.8 Å². The van der Waals surface area contributed by atoms with Gasteiger partial charge >= 0.3 is 0 Å². The zero-order chi connectivity index (χ0) is 7.56. The zero-order valence-electron chi connectivity index (χ0n) is 5.23. The van der Waals surface area contributed by atoms with E-state index in [1.165, 1.54) is 12.3 Å². The summed E-state index contributed by atoms with van der Waals surface area (Å²) in [7, 11) is 0. The molecule has 0 aliphatic rings. The maximum absolute atomic E-state index is 10.8. The molecule has 0 saturated heterocycles. The summed E-state index contributed by atoms with van der Waals surface area (Å²) in [5, 5.41) is 0.192. The molecule has 0 spiro atoms. The highest BCUT2D eigenvalue weighted by Crippen LogP contribution is 1.97. The lowest BCUT2D eigenvalue weighted by atomic mass is 10.3. The molecule has 1 aromatic heterocycles. The van der Waals surface area contributed by atoms with Crippen LogP contribution in [0.3, 0.4) is 0 Å². The van der Waals surface area contributed by atoms with Crippen LogP contribution in [-0.2, 0) is 6.54 Å². The van der Waals surface area contributed by atoms with Crippen LogP contribution in [0.15, 0.2) is 17.1 Å². The molecule has 0 fully saturated rings. The first-order valence-electron chi connectivity index (χ1n) is 2.81. The van der Waals surface area contributed by atoms with Gasteiger partial charge in [0.25, 0.3) is 0 Å². The Morgan fingerprint density at radius 2 is 2.40 bits per heavy atom. The van der Waals surface area contributed by atoms with Gasteiger partial charge in [-0.3, -0.25) is 4.79 Å². The van der Waals surface area contributed by atoms with Gasteiger partial charge in [0.2, 0.25) is 0 Å². The highest BCUT2D eigenvalue weighted by Gasteiger charge is 1.94. The van der Waals surface area contributed by atoms with E-state index in [0.717, 1.165) is 0 Å². The second-order valence-electron chi connectivity index (χ2n) is 1.87. The second-order valence-corrected chi connectivity index (χ2v) is 2.28. The molecule has 0 aromatic carbocycles. The number of aromatic nitrogens is 1. The van der Waals surface area contributed by atoms with Crippen molar-refractivity contribution in [2.45, 2.75) is 6.54 Å². The van der Waals surface area contributed by atoms with E-state index in [-0.39, 0.29) is 10.5 Å². The van der Waals surface area contributed by atoms with Crippen molar-refractivity contribution in [3.05, 3.63) is 33.2 Å². The molecule has 1 heterocycles. The van der Waals surface area contributed by atoms with Crippen LogP contribution in [0.4, 0.5) is 0 Å². The minimum absolute atomic E-state index is 0.192. The van der Waals surface area contributed by atoms with E-state index < -0.39 is 0 Å². The van der Waals surface area contributed by atoms with Crippen LogP contribution in [0.1, 0.15) is 5.69 Å². The number of halogens is 1. The Balaban J connectivity index is 3.17. The van der Waals surface area contributed by atoms with E-state index in [2.05, 4.69) is 4.98 Å². The van der Waals surface area contributed by atoms with Gasteiger partial charge in [0.15, 0.2) is 5.43 Å². The van der Waals surface area contributed by atoms with Crippen molar-refractivity contribution in [2.75, 3.05) is 0 Å². The molecule has 0 amide bonds. The number of rotatable bonds is 1. The number of nitrogens with two attached hydrogens (primary N) is 1. The van der Waals surface area contributed by atoms with Gasteiger partial charge in [-0.15, -0.1) is 0 Å². The lowest BCUT2D eigenvalue weighted by Gasteiger charge is -1.94. The molecule has 0 aliphatic carbocycles. The monoisotopic (exact) mass is 158 g/mol. The fourth-order valence-corrected chi connectivity index (χ4v) is 0.723. The fourth-order valence-electron chi connectivity index (χ4n) is 0.614. The SMILES string of the molecule is NCc1cc(=O)c(Cl)c[nH]1. The average molecular weight is 159 g/mol. The van der Waals surface area contributed by atoms with Crippen LogP contribution in [0.25, 0.3) is 0 Å². The molecule has 3 N–H and O–H groups in total. The van der Waals surface area contributed by atoms with E-state index in [0.29, 0.717) is 12.2 Å². The summed E-state index contributed by atoms with van der Waals surface area (Å²) < 4.78 is 0. The Morgan fingerprint density at radius 3 is 2.90 bits per heavy atom. The minimum Gasteiger partial charge on any atom is -0.362 e. The number of hydrogen-bond donors (Lipinski definition) is 2. The number of hydrogen-bond acceptors (Lipinski definition) is 2. The highest BCUT2D eigenvalue weighted by molar-refractivity contribution is 6.30. The minimum atomic E-state index is -0.194. The molecule has 0 aliphatic heterocycles. The molecule has 0 radical (unpaired) electrons. The molecule has 54 valence electrons. The number of H-pyrrole nitrogens is 1. The molecule has 3 nitrogen and oxygen atoms in total. The Hall–Kier alpha value is -0.800. The van der Waals surface area contributed by atoms with Gasteiger partial charge in [-0.1, -0.05) is 11.6 Å². The molecule has 4 heteroatoms. The largest absolute Gasteiger partial charge is 0.362 e. The summed E-state index contributed by atoms with van der Waals surface area (Å²) in [6, 6.07) is 1.39. The van der Waals surface area contributed by atoms with Gasteiger partial charge in [-0.25, -0.2) is 0 Å². The third-order valence-corrected chi connectivity index (χ3v) is 1.44. The number of aromatic amines is 1. The van der Waals surface area contributed by atoms with Crippen molar-refractivity contribution in [1.82, 2.24) is 4.98 Å². The average Bonchev–Trinajstić information content (AvgIpc) is 1.95. The van der Waals surface area contributed by atoms with E-state index in [1.807, 2.05) is 0 Å². The van der Waals surface area contributed by atoms with Crippen molar-refractivity contribution >= 4 is 11.6 Å². The topological polar surface area (TPSA) is 58.9 Å². The summed E-state index contributed by atoms with van der Waals surface area (Å²) in [4.78, 5) is 13.6. The lowest BCUT2D eigenvalue weighted by Crippen LogP contribution is -2.07. The molecule has 0 bridgehead atoms. The molecular weight excluding hydrogens is 152 g/mol. The van der Waals surface area contributed by atoms with Gasteiger partial charge in [-0.2, -0.15) is 0 Å². The van der Waals surface area contributed by atoms with Gasteiger partial charge in [0.1, 0.15) is 5.02 Å². The Kier molecular flexibility index (Phi) is 2.09. The summed E-state index contributed by atoms with van der Waals surface area (Å²) in [5.74, 6) is 0. The van der Waals surface area contributed by atoms with Crippen LogP contribution >= 0.6 is 11.6 Å². The Morgan fingerprint density at radius 1 is 1.70 bits per heavy atom. The van der Waals surface area contributed by atoms with Gasteiger partial charge in [-0.05, 0) is 0 Å². The van der Waals surface area contributed by atoms with Crippen molar-refractivity contribution in [1.29, 1.82) is 0 Å². The maximum atomic E-state index is 10.8. The van der Waals surface area contributed by atoms with Crippen LogP contribution in [0.5, 0.6) is 0 Å². The maximum Gasteiger partial charge on any atom is 0.200 e. The third kappa shape index (κ3) is 1.37. The first-order valence-corrected chi connectivity index (χ1v) is 3.19. The predicted molar refractivity (Wildman–Crippen MR) is 40.0 cm³/mol. The summed E-state index contributed by atoms with van der Waals surface area (Å²) >= 11 is 5.45. The van der Waals surface area contributed by atoms with Crippen molar-refractivity contribution in [3.63, 3.8) is 0 Å². The standard InChI is InChI=1S/C6H7ClN2O/c7-5-3-9-4(2-8)1-6(5)10/h1,3H,2,8H2,(H,9,10). The molecule has 10 heavy (non-hydrogen) atoms. The zero-order valence-corrected chi connectivity index (χ0v) is 5.98. The van der Waals surface area contributed by atoms with Crippen LogP contribution < -0.4 is 11.2 Å². The molecule has 0 saturated carbocycles. The van der Waals surface area contributed by atoms with Crippen molar-refractivity contribution in [3.8, 4) is 0 Å². The van der Waals surface area contributed by atoms with Crippen LogP contribution in [0.2, 0.25) is 5.02 Å². The van der Waals surface area contributed by atoms with Crippen LogP contribution in [-0.4, -0.2) is 4.98 Å². The highest BCUT2D eigenvalue weighted by atomic mass is 35.5. The molecule has 1 aromatic rings. The predicted octanol–water partition coefficient (Wildman–Crippen LogP) is 0.487. The second kappa shape index (κ2) is 2.86. The van der Waals surface area contributed by atoms with E-state index >= 15 is 0 Å². The number of nitrogens with one attached hydrogen (secondary N) is 1. The lowest BCUT2D eigenvalue weighted by molar-refractivity contribution is 0.985. The van der Waals surface area contributed by atoms with E-state index in [1.54, 1.807) is 0 Å². The first-order chi connectivity index (χ1) is 4.74. The normalized spacial score (nSPS) is 9.80. The van der Waals surface area contributed by atoms with E-state index in [4.69, 9.17) is 17.3 Å². The van der Waals surface area contributed by atoms with Crippen LogP contribution in [0, 0.1) is 0 Å². The van der Waals surface area contributed by atoms with Gasteiger partial charge in [0, 0.05) is 24.5 Å². The summed E-state index contributed by atoms with van der Waals surface area (Å²) in [6.07, 6.45) is 1.44. The first kappa shape index (κ1) is 7.31. The van der Waals surface area contributed by atoms with Crippen molar-refractivity contribution in [2.24, 2.45) is 5.73 Å². The smallest absolute Gasteiger partial charge is 0.200 e. The molecular formula is C6H7ClN2O. The van der Waals surface area contributed by atoms with Gasteiger partial charge in [0.05, 0.1) is 0 Å². The van der Waals surface area contributed by atoms with Crippen molar-refractivity contribution < 1.29 is 0 Å². The fraction of sp³-hybridized carbons (Fsp3) is 0.167. The quantitative estimate of drug-likeness (QED) is 0.625. The molecule has 0 unspecified atom stereocenters. The van der Waals surface area contributed by atoms with Gasteiger partial charge < -0.3 is 10.7 Å².